The van der Waals surface area contributed by atoms with Crippen molar-refractivity contribution >= 4 is 17.5 Å². The summed E-state index contributed by atoms with van der Waals surface area (Å²) in [5, 5.41) is 14.4. The number of pyridine rings is 1. The maximum Gasteiger partial charge on any atom is 0.337 e. The Morgan fingerprint density at radius 2 is 1.68 bits per heavy atom. The third-order valence-electron chi connectivity index (χ3n) is 10.2. The van der Waals surface area contributed by atoms with Gasteiger partial charge in [0.2, 0.25) is 0 Å². The average Bonchev–Trinajstić information content (AvgIpc) is 3.05. The highest BCUT2D eigenvalue weighted by Gasteiger charge is 2.37. The van der Waals surface area contributed by atoms with Gasteiger partial charge in [0.05, 0.1) is 17.9 Å². The van der Waals surface area contributed by atoms with Crippen molar-refractivity contribution in [1.82, 2.24) is 9.88 Å². The van der Waals surface area contributed by atoms with Crippen LogP contribution in [0.3, 0.4) is 0 Å². The van der Waals surface area contributed by atoms with Crippen LogP contribution in [0.15, 0.2) is 48.5 Å². The number of carbonyl (C=O) groups is 1. The molecule has 8 nitrogen and oxygen atoms in total. The molecule has 2 aliphatic rings. The molecule has 0 amide bonds. The fourth-order valence-corrected chi connectivity index (χ4v) is 7.07. The van der Waals surface area contributed by atoms with Gasteiger partial charge in [-0.2, -0.15) is 0 Å². The first-order chi connectivity index (χ1) is 23.7. The number of carboxylic acid groups (broad SMARTS) is 1. The standard InChI is InChI=1S/C41H57FN4O4/c1-28-34(37(39(47)48)50-40(2,3)4)36(46-25-20-41(5,6)21-26-46)35(38(44-28)43-22-16-30-17-23-45(7)24-18-30)31-10-14-33(15-11-31)49-27-19-29-8-12-32(42)13-9-29/h8-15,30,37H,16-27H2,1-7H3,(H,43,44)(H,47,48)/t37-/m0/s1. The summed E-state index contributed by atoms with van der Waals surface area (Å²) in [6.45, 7) is 17.3. The van der Waals surface area contributed by atoms with Crippen molar-refractivity contribution in [2.45, 2.75) is 91.8 Å². The number of carboxylic acids is 1. The van der Waals surface area contributed by atoms with Gasteiger partial charge in [-0.1, -0.05) is 38.1 Å². The Bertz CT molecular complexity index is 1570. The van der Waals surface area contributed by atoms with Crippen molar-refractivity contribution in [3.8, 4) is 16.9 Å². The molecule has 2 fully saturated rings. The third-order valence-corrected chi connectivity index (χ3v) is 10.2. The van der Waals surface area contributed by atoms with Crippen molar-refractivity contribution in [2.75, 3.05) is 56.6 Å². The Labute approximate surface area is 298 Å². The molecule has 0 spiro atoms. The molecule has 5 rings (SSSR count). The van der Waals surface area contributed by atoms with Crippen LogP contribution in [0.1, 0.15) is 89.6 Å². The van der Waals surface area contributed by atoms with E-state index in [2.05, 4.69) is 36.0 Å². The van der Waals surface area contributed by atoms with Gasteiger partial charge in [0, 0.05) is 42.9 Å². The van der Waals surface area contributed by atoms with Crippen LogP contribution in [0, 0.1) is 24.1 Å². The number of piperidine rings is 2. The molecule has 3 heterocycles. The summed E-state index contributed by atoms with van der Waals surface area (Å²) < 4.78 is 25.8. The number of nitrogens with zero attached hydrogens (tertiary/aromatic N) is 3. The van der Waals surface area contributed by atoms with Crippen LogP contribution < -0.4 is 15.0 Å². The molecule has 1 aromatic heterocycles. The fourth-order valence-electron chi connectivity index (χ4n) is 7.07. The van der Waals surface area contributed by atoms with Crippen LogP contribution >= 0.6 is 0 Å². The number of halogens is 1. The minimum Gasteiger partial charge on any atom is -0.493 e. The van der Waals surface area contributed by atoms with E-state index in [0.29, 0.717) is 30.2 Å². The minimum absolute atomic E-state index is 0.203. The van der Waals surface area contributed by atoms with Crippen LogP contribution in [-0.2, 0) is 16.0 Å². The van der Waals surface area contributed by atoms with Crippen LogP contribution in [0.4, 0.5) is 15.9 Å². The molecule has 9 heteroatoms. The molecular weight excluding hydrogens is 631 g/mol. The number of hydrogen-bond acceptors (Lipinski definition) is 7. The van der Waals surface area contributed by atoms with Crippen LogP contribution in [0.2, 0.25) is 0 Å². The molecule has 0 bridgehead atoms. The lowest BCUT2D eigenvalue weighted by Crippen LogP contribution is -2.39. The molecule has 2 N–H and O–H groups in total. The Morgan fingerprint density at radius 1 is 1.04 bits per heavy atom. The SMILES string of the molecule is Cc1nc(NCCC2CCN(C)CC2)c(-c2ccc(OCCc3ccc(F)cc3)cc2)c(N2CCC(C)(C)CC2)c1[C@H](OC(C)(C)C)C(=O)O. The molecule has 1 atom stereocenters. The first kappa shape index (κ1) is 37.6. The molecule has 2 aromatic carbocycles. The zero-order valence-electron chi connectivity index (χ0n) is 31.2. The first-order valence-electron chi connectivity index (χ1n) is 18.3. The van der Waals surface area contributed by atoms with Gasteiger partial charge in [0.15, 0.2) is 6.10 Å². The predicted octanol–water partition coefficient (Wildman–Crippen LogP) is 8.53. The number of aryl methyl sites for hydroxylation is 1. The van der Waals surface area contributed by atoms with Gasteiger partial charge in [-0.15, -0.1) is 0 Å². The number of hydrogen-bond donors (Lipinski definition) is 2. The molecule has 272 valence electrons. The molecule has 0 saturated carbocycles. The Hall–Kier alpha value is -3.69. The number of benzene rings is 2. The Kier molecular flexibility index (Phi) is 12.1. The van der Waals surface area contributed by atoms with Gasteiger partial charge in [0.1, 0.15) is 17.4 Å². The van der Waals surface area contributed by atoms with Crippen molar-refractivity contribution in [2.24, 2.45) is 11.3 Å². The van der Waals surface area contributed by atoms with E-state index in [-0.39, 0.29) is 11.2 Å². The monoisotopic (exact) mass is 688 g/mol. The smallest absolute Gasteiger partial charge is 0.337 e. The van der Waals surface area contributed by atoms with Gasteiger partial charge in [0.25, 0.3) is 0 Å². The number of aromatic nitrogens is 1. The number of likely N-dealkylation sites (tertiary alicyclic amines) is 1. The highest BCUT2D eigenvalue weighted by atomic mass is 19.1. The highest BCUT2D eigenvalue weighted by Crippen LogP contribution is 2.46. The summed E-state index contributed by atoms with van der Waals surface area (Å²) in [4.78, 5) is 22.9. The zero-order valence-corrected chi connectivity index (χ0v) is 31.2. The van der Waals surface area contributed by atoms with Crippen LogP contribution in [0.5, 0.6) is 5.75 Å². The number of anilines is 2. The largest absolute Gasteiger partial charge is 0.493 e. The minimum atomic E-state index is -1.19. The number of nitrogens with one attached hydrogen (secondary N) is 1. The van der Waals surface area contributed by atoms with Crippen molar-refractivity contribution in [3.05, 3.63) is 71.2 Å². The van der Waals surface area contributed by atoms with E-state index in [0.717, 1.165) is 85.9 Å². The average molecular weight is 689 g/mol. The van der Waals surface area contributed by atoms with E-state index in [4.69, 9.17) is 14.5 Å². The van der Waals surface area contributed by atoms with Crippen molar-refractivity contribution in [1.29, 1.82) is 0 Å². The quantitative estimate of drug-likeness (QED) is 0.185. The van der Waals surface area contributed by atoms with Gasteiger partial charge < -0.3 is 29.7 Å². The maximum absolute atomic E-state index is 13.4. The topological polar surface area (TPSA) is 87.2 Å². The molecule has 2 saturated heterocycles. The van der Waals surface area contributed by atoms with E-state index in [1.54, 1.807) is 12.1 Å². The maximum atomic E-state index is 13.4. The summed E-state index contributed by atoms with van der Waals surface area (Å²) in [6.07, 6.45) is 4.90. The van der Waals surface area contributed by atoms with Gasteiger partial charge in [-0.3, -0.25) is 0 Å². The van der Waals surface area contributed by atoms with Crippen molar-refractivity contribution in [3.63, 3.8) is 0 Å². The summed E-state index contributed by atoms with van der Waals surface area (Å²) in [5.74, 6) is 0.885. The summed E-state index contributed by atoms with van der Waals surface area (Å²) in [7, 11) is 2.19. The number of rotatable bonds is 13. The van der Waals surface area contributed by atoms with E-state index < -0.39 is 17.7 Å². The molecular formula is C41H57FN4O4. The van der Waals surface area contributed by atoms with Gasteiger partial charge >= 0.3 is 5.97 Å². The van der Waals surface area contributed by atoms with E-state index in [1.807, 2.05) is 52.0 Å². The summed E-state index contributed by atoms with van der Waals surface area (Å²) >= 11 is 0. The predicted molar refractivity (Wildman–Crippen MR) is 200 cm³/mol. The van der Waals surface area contributed by atoms with Gasteiger partial charge in [-0.25, -0.2) is 14.2 Å². The van der Waals surface area contributed by atoms with E-state index >= 15 is 0 Å². The molecule has 0 unspecified atom stereocenters. The second kappa shape index (κ2) is 16.1. The van der Waals surface area contributed by atoms with Crippen LogP contribution in [0.25, 0.3) is 11.1 Å². The molecule has 0 radical (unpaired) electrons. The second-order valence-electron chi connectivity index (χ2n) is 16.0. The Balaban J connectivity index is 1.54. The molecule has 3 aromatic rings. The summed E-state index contributed by atoms with van der Waals surface area (Å²) in [5.41, 5.74) is 4.52. The fraction of sp³-hybridized carbons (Fsp3) is 0.561. The van der Waals surface area contributed by atoms with E-state index in [9.17, 15) is 14.3 Å². The normalized spacial score (nSPS) is 17.8. The lowest BCUT2D eigenvalue weighted by Gasteiger charge is -2.41. The lowest BCUT2D eigenvalue weighted by molar-refractivity contribution is -0.160. The van der Waals surface area contributed by atoms with Crippen LogP contribution in [-0.4, -0.2) is 72.9 Å². The lowest BCUT2D eigenvalue weighted by atomic mass is 9.82. The number of aliphatic carboxylic acids is 1. The second-order valence-corrected chi connectivity index (χ2v) is 16.0. The first-order valence-corrected chi connectivity index (χ1v) is 18.3. The zero-order chi connectivity index (χ0) is 36.1. The van der Waals surface area contributed by atoms with Crippen molar-refractivity contribution < 1.29 is 23.8 Å². The van der Waals surface area contributed by atoms with Gasteiger partial charge in [-0.05, 0) is 127 Å². The Morgan fingerprint density at radius 3 is 2.28 bits per heavy atom. The third kappa shape index (κ3) is 9.97. The van der Waals surface area contributed by atoms with E-state index in [1.165, 1.54) is 25.0 Å². The highest BCUT2D eigenvalue weighted by molar-refractivity contribution is 5.92. The summed E-state index contributed by atoms with van der Waals surface area (Å²) in [6, 6.07) is 14.5. The molecule has 50 heavy (non-hydrogen) atoms. The molecule has 2 aliphatic heterocycles. The molecule has 0 aliphatic carbocycles. The number of ether oxygens (including phenoxy) is 2.